The molecule has 1 aliphatic carbocycles. The molecule has 0 bridgehead atoms. The molecule has 1 saturated carbocycles. The second-order valence-corrected chi connectivity index (χ2v) is 8.70. The molecular formula is C22H29N3O4. The zero-order chi connectivity index (χ0) is 21.0. The van der Waals surface area contributed by atoms with Crippen LogP contribution in [0, 0.1) is 11.8 Å². The number of hydrogen-bond donors (Lipinski definition) is 4. The summed E-state index contributed by atoms with van der Waals surface area (Å²) in [5.74, 6) is 0.150. The Labute approximate surface area is 170 Å². The average Bonchev–Trinajstić information content (AvgIpc) is 2.70. The van der Waals surface area contributed by atoms with Crippen molar-refractivity contribution >= 4 is 23.4 Å². The molecule has 3 amide bonds. The molecule has 4 N–H and O–H groups in total. The summed E-state index contributed by atoms with van der Waals surface area (Å²) < 4.78 is 0. The van der Waals surface area contributed by atoms with E-state index in [0.717, 1.165) is 36.9 Å². The van der Waals surface area contributed by atoms with E-state index in [2.05, 4.69) is 10.6 Å². The molecule has 7 nitrogen and oxygen atoms in total. The normalized spacial score (nSPS) is 23.2. The highest BCUT2D eigenvalue weighted by atomic mass is 16.5. The number of benzene rings is 1. The lowest BCUT2D eigenvalue weighted by atomic mass is 9.77. The summed E-state index contributed by atoms with van der Waals surface area (Å²) in [5, 5.41) is 14.4. The Morgan fingerprint density at radius 2 is 1.97 bits per heavy atom. The fourth-order valence-electron chi connectivity index (χ4n) is 4.23. The number of rotatable bonds is 5. The van der Waals surface area contributed by atoms with Gasteiger partial charge in [-0.1, -0.05) is 19.9 Å². The van der Waals surface area contributed by atoms with Crippen molar-refractivity contribution in [2.45, 2.75) is 51.4 Å². The Balaban J connectivity index is 1.53. The predicted octanol–water partition coefficient (Wildman–Crippen LogP) is 2.90. The van der Waals surface area contributed by atoms with Crippen LogP contribution in [0.3, 0.4) is 0 Å². The van der Waals surface area contributed by atoms with E-state index in [1.807, 2.05) is 32.1 Å². The standard InChI is InChI=1S/C22H29N3O4/c1-22(2)12-20(27)24-18-9-8-16(11-17(18)22)21(28)23-13-15-5-3-14(4-6-15)7-10-19(26)25-29/h7-11,14-15,29H,3-6,12-13H2,1-2H3,(H,23,28)(H,24,27)(H,25,26)/b10-7+. The largest absolute Gasteiger partial charge is 0.352 e. The minimum absolute atomic E-state index is 0.00198. The molecular weight excluding hydrogens is 370 g/mol. The minimum atomic E-state index is -0.507. The number of amides is 3. The predicted molar refractivity (Wildman–Crippen MR) is 110 cm³/mol. The van der Waals surface area contributed by atoms with Crippen LogP contribution in [0.25, 0.3) is 0 Å². The first kappa shape index (κ1) is 21.0. The van der Waals surface area contributed by atoms with Crippen LogP contribution in [0.1, 0.15) is 61.9 Å². The zero-order valence-electron chi connectivity index (χ0n) is 17.0. The highest BCUT2D eigenvalue weighted by Gasteiger charge is 2.32. The van der Waals surface area contributed by atoms with Crippen molar-refractivity contribution in [3.63, 3.8) is 0 Å². The summed E-state index contributed by atoms with van der Waals surface area (Å²) >= 11 is 0. The summed E-state index contributed by atoms with van der Waals surface area (Å²) in [6.07, 6.45) is 7.51. The quantitative estimate of drug-likeness (QED) is 0.347. The molecule has 7 heteroatoms. The molecule has 0 atom stereocenters. The topological polar surface area (TPSA) is 108 Å². The lowest BCUT2D eigenvalue weighted by molar-refractivity contribution is -0.124. The smallest absolute Gasteiger partial charge is 0.267 e. The van der Waals surface area contributed by atoms with Gasteiger partial charge in [-0.2, -0.15) is 0 Å². The number of hydrogen-bond acceptors (Lipinski definition) is 4. The van der Waals surface area contributed by atoms with E-state index >= 15 is 0 Å². The van der Waals surface area contributed by atoms with E-state index in [1.54, 1.807) is 11.5 Å². The fourth-order valence-corrected chi connectivity index (χ4v) is 4.23. The van der Waals surface area contributed by atoms with Crippen molar-refractivity contribution in [1.82, 2.24) is 10.8 Å². The zero-order valence-corrected chi connectivity index (χ0v) is 17.0. The van der Waals surface area contributed by atoms with Crippen LogP contribution in [0.5, 0.6) is 0 Å². The van der Waals surface area contributed by atoms with Crippen molar-refractivity contribution in [3.05, 3.63) is 41.5 Å². The van der Waals surface area contributed by atoms with Gasteiger partial charge in [0, 0.05) is 35.7 Å². The molecule has 1 aromatic carbocycles. The lowest BCUT2D eigenvalue weighted by Crippen LogP contribution is -2.34. The number of carbonyl (C=O) groups is 3. The SMILES string of the molecule is CC1(C)CC(=O)Nc2ccc(C(=O)NCC3CCC(/C=C/C(=O)NO)CC3)cc21. The summed E-state index contributed by atoms with van der Waals surface area (Å²) in [4.78, 5) is 35.5. The van der Waals surface area contributed by atoms with Crippen molar-refractivity contribution in [2.75, 3.05) is 11.9 Å². The number of nitrogens with one attached hydrogen (secondary N) is 3. The lowest BCUT2D eigenvalue weighted by Gasteiger charge is -2.32. The van der Waals surface area contributed by atoms with E-state index in [4.69, 9.17) is 5.21 Å². The van der Waals surface area contributed by atoms with Crippen LogP contribution in [0.2, 0.25) is 0 Å². The van der Waals surface area contributed by atoms with Crippen LogP contribution in [-0.2, 0) is 15.0 Å². The molecule has 29 heavy (non-hydrogen) atoms. The molecule has 1 aliphatic heterocycles. The fraction of sp³-hybridized carbons (Fsp3) is 0.500. The summed E-state index contributed by atoms with van der Waals surface area (Å²) in [7, 11) is 0. The maximum absolute atomic E-state index is 12.6. The highest BCUT2D eigenvalue weighted by Crippen LogP contribution is 2.37. The van der Waals surface area contributed by atoms with Crippen LogP contribution >= 0.6 is 0 Å². The third-order valence-corrected chi connectivity index (χ3v) is 5.96. The van der Waals surface area contributed by atoms with Crippen molar-refractivity contribution in [1.29, 1.82) is 0 Å². The van der Waals surface area contributed by atoms with Gasteiger partial charge in [0.15, 0.2) is 0 Å². The van der Waals surface area contributed by atoms with Gasteiger partial charge in [0.1, 0.15) is 0 Å². The van der Waals surface area contributed by atoms with Gasteiger partial charge < -0.3 is 10.6 Å². The summed E-state index contributed by atoms with van der Waals surface area (Å²) in [5.41, 5.74) is 3.68. The van der Waals surface area contributed by atoms with Crippen LogP contribution in [0.15, 0.2) is 30.4 Å². The van der Waals surface area contributed by atoms with Gasteiger partial charge >= 0.3 is 0 Å². The number of anilines is 1. The molecule has 1 aromatic rings. The van der Waals surface area contributed by atoms with Gasteiger partial charge in [0.05, 0.1) is 0 Å². The Hall–Kier alpha value is -2.67. The van der Waals surface area contributed by atoms with Crippen molar-refractivity contribution in [2.24, 2.45) is 11.8 Å². The number of carbonyl (C=O) groups excluding carboxylic acids is 3. The van der Waals surface area contributed by atoms with Gasteiger partial charge in [-0.3, -0.25) is 19.6 Å². The molecule has 0 unspecified atom stereocenters. The second kappa shape index (κ2) is 8.78. The molecule has 156 valence electrons. The first-order valence-corrected chi connectivity index (χ1v) is 10.1. The van der Waals surface area contributed by atoms with Gasteiger partial charge in [-0.25, -0.2) is 5.48 Å². The van der Waals surface area contributed by atoms with E-state index in [0.29, 0.717) is 30.4 Å². The van der Waals surface area contributed by atoms with Gasteiger partial charge in [0.2, 0.25) is 5.91 Å². The maximum atomic E-state index is 12.6. The first-order valence-electron chi connectivity index (χ1n) is 10.1. The molecule has 0 spiro atoms. The third-order valence-electron chi connectivity index (χ3n) is 5.96. The maximum Gasteiger partial charge on any atom is 0.267 e. The number of fused-ring (bicyclic) bond motifs is 1. The third kappa shape index (κ3) is 5.23. The van der Waals surface area contributed by atoms with Crippen molar-refractivity contribution in [3.8, 4) is 0 Å². The van der Waals surface area contributed by atoms with Crippen LogP contribution in [0.4, 0.5) is 5.69 Å². The molecule has 0 saturated heterocycles. The summed E-state index contributed by atoms with van der Waals surface area (Å²) in [6.45, 7) is 4.66. The van der Waals surface area contributed by atoms with Gasteiger partial charge in [-0.05, 0) is 61.3 Å². The van der Waals surface area contributed by atoms with Gasteiger partial charge in [0.25, 0.3) is 11.8 Å². The molecule has 0 radical (unpaired) electrons. The van der Waals surface area contributed by atoms with Crippen molar-refractivity contribution < 1.29 is 19.6 Å². The second-order valence-electron chi connectivity index (χ2n) is 8.70. The average molecular weight is 399 g/mol. The molecule has 1 heterocycles. The van der Waals surface area contributed by atoms with Crippen LogP contribution < -0.4 is 16.1 Å². The molecule has 0 aromatic heterocycles. The van der Waals surface area contributed by atoms with E-state index in [-0.39, 0.29) is 17.2 Å². The highest BCUT2D eigenvalue weighted by molar-refractivity contribution is 5.98. The van der Waals surface area contributed by atoms with Crippen LogP contribution in [-0.4, -0.2) is 29.5 Å². The first-order chi connectivity index (χ1) is 13.8. The molecule has 1 fully saturated rings. The Morgan fingerprint density at radius 1 is 1.24 bits per heavy atom. The number of hydroxylamine groups is 1. The number of allylic oxidation sites excluding steroid dienone is 1. The molecule has 2 aliphatic rings. The Bertz CT molecular complexity index is 823. The Kier molecular flexibility index (Phi) is 6.37. The Morgan fingerprint density at radius 3 is 2.66 bits per heavy atom. The monoisotopic (exact) mass is 399 g/mol. The molecule has 3 rings (SSSR count). The van der Waals surface area contributed by atoms with E-state index in [1.165, 1.54) is 6.08 Å². The van der Waals surface area contributed by atoms with Gasteiger partial charge in [-0.15, -0.1) is 0 Å². The van der Waals surface area contributed by atoms with E-state index in [9.17, 15) is 14.4 Å². The summed E-state index contributed by atoms with van der Waals surface area (Å²) in [6, 6.07) is 5.45. The minimum Gasteiger partial charge on any atom is -0.352 e. The van der Waals surface area contributed by atoms with E-state index < -0.39 is 5.91 Å².